The number of hydrogen-bond acceptors (Lipinski definition) is 3. The number of benzene rings is 1. The Labute approximate surface area is 163 Å². The van der Waals surface area contributed by atoms with Gasteiger partial charge in [0.2, 0.25) is 0 Å². The van der Waals surface area contributed by atoms with Crippen molar-refractivity contribution in [3.8, 4) is 11.1 Å². The minimum atomic E-state index is -0.135. The number of fused-ring (bicyclic) bond motifs is 1. The summed E-state index contributed by atoms with van der Waals surface area (Å²) in [6, 6.07) is 11.8. The standard InChI is InChI=1S/C24H21N3O/c1-16(11-12-17-13-19(25)15-26-14-17)22-23(18-7-3-2-4-8-18)20-9-5-6-10-21(20)27-24(22)28/h2-4,7-15H,1,5-6,25H2,(H,27,28)/b12-11+. The maximum Gasteiger partial charge on any atom is 0.256 e. The minimum absolute atomic E-state index is 0.135. The van der Waals surface area contributed by atoms with Crippen molar-refractivity contribution in [2.24, 2.45) is 0 Å². The predicted octanol–water partition coefficient (Wildman–Crippen LogP) is 3.10. The van der Waals surface area contributed by atoms with Gasteiger partial charge in [0, 0.05) is 28.5 Å². The Morgan fingerprint density at radius 1 is 1.14 bits per heavy atom. The van der Waals surface area contributed by atoms with E-state index in [9.17, 15) is 4.79 Å². The number of rotatable bonds is 4. The predicted molar refractivity (Wildman–Crippen MR) is 117 cm³/mol. The molecule has 0 aliphatic heterocycles. The molecule has 3 N–H and O–H groups in total. The van der Waals surface area contributed by atoms with Gasteiger partial charge in [0.25, 0.3) is 5.56 Å². The molecule has 4 heteroatoms. The molecule has 0 bridgehead atoms. The maximum absolute atomic E-state index is 13.0. The summed E-state index contributed by atoms with van der Waals surface area (Å²) >= 11 is 0. The lowest BCUT2D eigenvalue weighted by atomic mass is 9.92. The van der Waals surface area contributed by atoms with Crippen molar-refractivity contribution < 1.29 is 0 Å². The lowest BCUT2D eigenvalue weighted by Crippen LogP contribution is -2.39. The summed E-state index contributed by atoms with van der Waals surface area (Å²) in [6.45, 7) is 4.18. The van der Waals surface area contributed by atoms with E-state index in [1.807, 2.05) is 48.6 Å². The number of nitrogens with two attached hydrogens (primary N) is 1. The topological polar surface area (TPSA) is 71.8 Å². The van der Waals surface area contributed by atoms with Crippen molar-refractivity contribution in [3.63, 3.8) is 0 Å². The van der Waals surface area contributed by atoms with Gasteiger partial charge < -0.3 is 10.7 Å². The van der Waals surface area contributed by atoms with Gasteiger partial charge in [-0.3, -0.25) is 9.78 Å². The number of nitrogens with one attached hydrogen (secondary N) is 1. The summed E-state index contributed by atoms with van der Waals surface area (Å²) in [5.41, 5.74) is 10.3. The molecule has 0 radical (unpaired) electrons. The van der Waals surface area contributed by atoms with Crippen molar-refractivity contribution in [1.29, 1.82) is 0 Å². The monoisotopic (exact) mass is 367 g/mol. The van der Waals surface area contributed by atoms with Gasteiger partial charge in [-0.05, 0) is 35.6 Å². The highest BCUT2D eigenvalue weighted by Crippen LogP contribution is 2.23. The van der Waals surface area contributed by atoms with E-state index in [-0.39, 0.29) is 5.56 Å². The van der Waals surface area contributed by atoms with E-state index < -0.39 is 0 Å². The zero-order valence-electron chi connectivity index (χ0n) is 15.5. The molecular formula is C24H21N3O. The Morgan fingerprint density at radius 2 is 1.93 bits per heavy atom. The molecule has 0 fully saturated rings. The van der Waals surface area contributed by atoms with Crippen LogP contribution in [0.15, 0.2) is 66.2 Å². The number of aromatic amines is 1. The van der Waals surface area contributed by atoms with E-state index in [2.05, 4.69) is 28.7 Å². The first-order chi connectivity index (χ1) is 13.6. The number of aromatic nitrogens is 2. The van der Waals surface area contributed by atoms with Gasteiger partial charge in [-0.15, -0.1) is 0 Å². The summed E-state index contributed by atoms with van der Waals surface area (Å²) < 4.78 is 0. The molecule has 3 aromatic rings. The first-order valence-corrected chi connectivity index (χ1v) is 9.23. The van der Waals surface area contributed by atoms with Crippen LogP contribution in [0.4, 0.5) is 5.69 Å². The highest BCUT2D eigenvalue weighted by molar-refractivity contribution is 5.87. The Balaban J connectivity index is 1.90. The van der Waals surface area contributed by atoms with Crippen LogP contribution in [0, 0.1) is 0 Å². The second-order valence-corrected chi connectivity index (χ2v) is 6.79. The van der Waals surface area contributed by atoms with Gasteiger partial charge in [-0.25, -0.2) is 0 Å². The third-order valence-electron chi connectivity index (χ3n) is 4.79. The molecule has 0 saturated heterocycles. The zero-order chi connectivity index (χ0) is 19.5. The third-order valence-corrected chi connectivity index (χ3v) is 4.79. The number of pyridine rings is 2. The van der Waals surface area contributed by atoms with Crippen LogP contribution < -0.4 is 21.9 Å². The molecule has 0 unspecified atom stereocenters. The van der Waals surface area contributed by atoms with Gasteiger partial charge >= 0.3 is 0 Å². The molecule has 28 heavy (non-hydrogen) atoms. The molecular weight excluding hydrogens is 346 g/mol. The van der Waals surface area contributed by atoms with Gasteiger partial charge in [0.1, 0.15) is 0 Å². The Morgan fingerprint density at radius 3 is 2.71 bits per heavy atom. The molecule has 0 saturated carbocycles. The molecule has 0 amide bonds. The average molecular weight is 367 g/mol. The summed E-state index contributed by atoms with van der Waals surface area (Å²) in [5.74, 6) is 0. The lowest BCUT2D eigenvalue weighted by molar-refractivity contribution is 1.05. The van der Waals surface area contributed by atoms with Crippen molar-refractivity contribution >= 4 is 29.5 Å². The second kappa shape index (κ2) is 7.53. The molecule has 4 nitrogen and oxygen atoms in total. The summed E-state index contributed by atoms with van der Waals surface area (Å²) in [7, 11) is 0. The highest BCUT2D eigenvalue weighted by Gasteiger charge is 2.15. The first-order valence-electron chi connectivity index (χ1n) is 9.23. The molecule has 1 aliphatic carbocycles. The summed E-state index contributed by atoms with van der Waals surface area (Å²) in [4.78, 5) is 20.1. The minimum Gasteiger partial charge on any atom is -0.397 e. The summed E-state index contributed by atoms with van der Waals surface area (Å²) in [6.07, 6.45) is 13.2. The summed E-state index contributed by atoms with van der Waals surface area (Å²) in [5, 5.41) is 1.95. The average Bonchev–Trinajstić information content (AvgIpc) is 2.71. The van der Waals surface area contributed by atoms with Crippen LogP contribution in [0.3, 0.4) is 0 Å². The first kappa shape index (κ1) is 17.7. The third kappa shape index (κ3) is 3.45. The quantitative estimate of drug-likeness (QED) is 0.696. The van der Waals surface area contributed by atoms with E-state index in [1.54, 1.807) is 12.4 Å². The number of anilines is 1. The fourth-order valence-corrected chi connectivity index (χ4v) is 3.52. The fraction of sp³-hybridized carbons (Fsp3) is 0.0833. The molecule has 0 spiro atoms. The molecule has 1 aliphatic rings. The van der Waals surface area contributed by atoms with Crippen molar-refractivity contribution in [1.82, 2.24) is 9.97 Å². The van der Waals surface area contributed by atoms with E-state index in [4.69, 9.17) is 5.73 Å². The smallest absolute Gasteiger partial charge is 0.256 e. The molecule has 1 aromatic carbocycles. The Bertz CT molecular complexity index is 1250. The van der Waals surface area contributed by atoms with Crippen molar-refractivity contribution in [3.05, 3.63) is 93.5 Å². The van der Waals surface area contributed by atoms with Crippen LogP contribution in [0.25, 0.3) is 34.9 Å². The molecule has 2 aromatic heterocycles. The maximum atomic E-state index is 13.0. The van der Waals surface area contributed by atoms with E-state index in [1.165, 1.54) is 0 Å². The van der Waals surface area contributed by atoms with Crippen LogP contribution in [0.5, 0.6) is 0 Å². The van der Waals surface area contributed by atoms with Crippen LogP contribution in [-0.2, 0) is 0 Å². The molecule has 138 valence electrons. The van der Waals surface area contributed by atoms with E-state index >= 15 is 0 Å². The second-order valence-electron chi connectivity index (χ2n) is 6.79. The van der Waals surface area contributed by atoms with Crippen LogP contribution in [0.2, 0.25) is 0 Å². The van der Waals surface area contributed by atoms with Crippen LogP contribution >= 0.6 is 0 Å². The van der Waals surface area contributed by atoms with Crippen molar-refractivity contribution in [2.45, 2.75) is 12.8 Å². The fourth-order valence-electron chi connectivity index (χ4n) is 3.52. The molecule has 2 heterocycles. The van der Waals surface area contributed by atoms with Gasteiger partial charge in [0.05, 0.1) is 11.3 Å². The van der Waals surface area contributed by atoms with Gasteiger partial charge in [-0.1, -0.05) is 61.2 Å². The van der Waals surface area contributed by atoms with Gasteiger partial charge in [0.15, 0.2) is 0 Å². The van der Waals surface area contributed by atoms with Crippen LogP contribution in [0.1, 0.15) is 24.0 Å². The number of allylic oxidation sites excluding steroid dienone is 2. The number of nitrogens with zero attached hydrogens (tertiary/aromatic N) is 1. The Kier molecular flexibility index (Phi) is 4.77. The number of H-pyrrole nitrogens is 1. The van der Waals surface area contributed by atoms with Gasteiger partial charge in [-0.2, -0.15) is 0 Å². The number of hydrogen-bond donors (Lipinski definition) is 2. The molecule has 4 rings (SSSR count). The normalized spacial score (nSPS) is 12.9. The largest absolute Gasteiger partial charge is 0.397 e. The molecule has 0 atom stereocenters. The lowest BCUT2D eigenvalue weighted by Gasteiger charge is -2.13. The van der Waals surface area contributed by atoms with E-state index in [0.717, 1.165) is 40.1 Å². The van der Waals surface area contributed by atoms with Crippen LogP contribution in [-0.4, -0.2) is 9.97 Å². The highest BCUT2D eigenvalue weighted by atomic mass is 16.1. The SMILES string of the molecule is C=C(/C=C/c1cncc(N)c1)c1c(-c2ccccc2)c2c([nH]c1=O)=CCCC=2. The van der Waals surface area contributed by atoms with E-state index in [0.29, 0.717) is 16.8 Å². The van der Waals surface area contributed by atoms with Crippen molar-refractivity contribution in [2.75, 3.05) is 5.73 Å². The number of nitrogen functional groups attached to an aromatic ring is 1. The zero-order valence-corrected chi connectivity index (χ0v) is 15.5. The Hall–Kier alpha value is -3.66.